The first-order chi connectivity index (χ1) is 7.70. The normalized spacial score (nSPS) is 18.4. The van der Waals surface area contributed by atoms with Crippen LogP contribution in [0.2, 0.25) is 0 Å². The average molecular weight is 223 g/mol. The molecule has 0 aromatic carbocycles. The van der Waals surface area contributed by atoms with Crippen LogP contribution in [0, 0.1) is 5.92 Å². The van der Waals surface area contributed by atoms with Crippen LogP contribution in [0.15, 0.2) is 0 Å². The maximum absolute atomic E-state index is 5.68. The van der Waals surface area contributed by atoms with Crippen LogP contribution < -0.4 is 10.6 Å². The molecule has 0 spiro atoms. The van der Waals surface area contributed by atoms with E-state index in [0.717, 1.165) is 44.2 Å². The van der Waals surface area contributed by atoms with Crippen LogP contribution in [-0.4, -0.2) is 34.8 Å². The molecule has 0 atom stereocenters. The molecule has 1 aromatic heterocycles. The van der Waals surface area contributed by atoms with Gasteiger partial charge in [-0.05, 0) is 25.3 Å². The molecular weight excluding hydrogens is 202 g/mol. The summed E-state index contributed by atoms with van der Waals surface area (Å²) in [7, 11) is 0. The molecular formula is C11H21N5. The molecule has 2 rings (SSSR count). The minimum absolute atomic E-state index is 0.405. The quantitative estimate of drug-likeness (QED) is 0.805. The average Bonchev–Trinajstić information content (AvgIpc) is 2.78. The van der Waals surface area contributed by atoms with Crippen LogP contribution in [0.4, 0.5) is 5.95 Å². The standard InChI is InChI=1S/C11H21N5/c1-8(2)10-13-11(15-14-10)16-5-3-9(7-12)4-6-16/h8-9H,3-7,12H2,1-2H3,(H,13,14,15). The number of anilines is 1. The highest BCUT2D eigenvalue weighted by atomic mass is 15.4. The van der Waals surface area contributed by atoms with E-state index in [1.54, 1.807) is 0 Å². The first kappa shape index (κ1) is 11.4. The van der Waals surface area contributed by atoms with E-state index in [4.69, 9.17) is 5.73 Å². The molecule has 16 heavy (non-hydrogen) atoms. The first-order valence-electron chi connectivity index (χ1n) is 6.08. The zero-order chi connectivity index (χ0) is 11.5. The number of hydrogen-bond acceptors (Lipinski definition) is 4. The molecule has 2 heterocycles. The second-order valence-corrected chi connectivity index (χ2v) is 4.84. The van der Waals surface area contributed by atoms with Crippen molar-refractivity contribution in [2.75, 3.05) is 24.5 Å². The molecule has 0 aliphatic carbocycles. The van der Waals surface area contributed by atoms with Crippen molar-refractivity contribution in [1.82, 2.24) is 15.2 Å². The van der Waals surface area contributed by atoms with E-state index < -0.39 is 0 Å². The lowest BCUT2D eigenvalue weighted by molar-refractivity contribution is 0.411. The predicted molar refractivity (Wildman–Crippen MR) is 64.5 cm³/mol. The lowest BCUT2D eigenvalue weighted by Crippen LogP contribution is -2.36. The van der Waals surface area contributed by atoms with Crippen LogP contribution >= 0.6 is 0 Å². The Hall–Kier alpha value is -1.10. The van der Waals surface area contributed by atoms with E-state index in [0.29, 0.717) is 11.8 Å². The number of aromatic amines is 1. The highest BCUT2D eigenvalue weighted by Crippen LogP contribution is 2.20. The number of nitrogens with zero attached hydrogens (tertiary/aromatic N) is 3. The van der Waals surface area contributed by atoms with Crippen molar-refractivity contribution in [2.45, 2.75) is 32.6 Å². The Morgan fingerprint density at radius 2 is 2.12 bits per heavy atom. The van der Waals surface area contributed by atoms with Crippen molar-refractivity contribution < 1.29 is 0 Å². The molecule has 1 aliphatic heterocycles. The Morgan fingerprint density at radius 1 is 1.44 bits per heavy atom. The van der Waals surface area contributed by atoms with Gasteiger partial charge in [0.1, 0.15) is 5.82 Å². The molecule has 1 fully saturated rings. The van der Waals surface area contributed by atoms with E-state index in [2.05, 4.69) is 33.9 Å². The van der Waals surface area contributed by atoms with Crippen molar-refractivity contribution in [2.24, 2.45) is 11.7 Å². The Morgan fingerprint density at radius 3 is 2.62 bits per heavy atom. The Balaban J connectivity index is 1.97. The van der Waals surface area contributed by atoms with E-state index in [-0.39, 0.29) is 0 Å². The summed E-state index contributed by atoms with van der Waals surface area (Å²) in [4.78, 5) is 6.76. The summed E-state index contributed by atoms with van der Waals surface area (Å²) in [6.45, 7) is 7.09. The number of H-pyrrole nitrogens is 1. The van der Waals surface area contributed by atoms with Gasteiger partial charge in [-0.2, -0.15) is 4.98 Å². The molecule has 5 heteroatoms. The van der Waals surface area contributed by atoms with Gasteiger partial charge in [0.25, 0.3) is 0 Å². The molecule has 1 aromatic rings. The van der Waals surface area contributed by atoms with Gasteiger partial charge in [-0.25, -0.2) is 0 Å². The largest absolute Gasteiger partial charge is 0.340 e. The Labute approximate surface area is 96.4 Å². The number of nitrogens with two attached hydrogens (primary N) is 1. The Bertz CT molecular complexity index is 325. The van der Waals surface area contributed by atoms with Crippen LogP contribution in [0.5, 0.6) is 0 Å². The number of hydrogen-bond donors (Lipinski definition) is 2. The molecule has 0 amide bonds. The second-order valence-electron chi connectivity index (χ2n) is 4.84. The molecule has 1 aliphatic rings. The number of rotatable bonds is 3. The first-order valence-corrected chi connectivity index (χ1v) is 6.08. The summed E-state index contributed by atoms with van der Waals surface area (Å²) >= 11 is 0. The zero-order valence-corrected chi connectivity index (χ0v) is 10.1. The highest BCUT2D eigenvalue weighted by Gasteiger charge is 2.21. The van der Waals surface area contributed by atoms with Gasteiger partial charge < -0.3 is 10.6 Å². The van der Waals surface area contributed by atoms with Gasteiger partial charge in [0, 0.05) is 19.0 Å². The predicted octanol–water partition coefficient (Wildman–Crippen LogP) is 1.10. The third-order valence-electron chi connectivity index (χ3n) is 3.27. The highest BCUT2D eigenvalue weighted by molar-refractivity contribution is 5.29. The van der Waals surface area contributed by atoms with Crippen molar-refractivity contribution in [3.8, 4) is 0 Å². The minimum atomic E-state index is 0.405. The van der Waals surface area contributed by atoms with Crippen LogP contribution in [0.1, 0.15) is 38.4 Å². The summed E-state index contributed by atoms with van der Waals surface area (Å²) in [6, 6.07) is 0. The fourth-order valence-corrected chi connectivity index (χ4v) is 2.03. The van der Waals surface area contributed by atoms with Crippen molar-refractivity contribution in [3.05, 3.63) is 5.82 Å². The van der Waals surface area contributed by atoms with E-state index in [9.17, 15) is 0 Å². The minimum Gasteiger partial charge on any atom is -0.340 e. The fraction of sp³-hybridized carbons (Fsp3) is 0.818. The monoisotopic (exact) mass is 223 g/mol. The summed E-state index contributed by atoms with van der Waals surface area (Å²) in [5.41, 5.74) is 5.68. The topological polar surface area (TPSA) is 70.8 Å². The van der Waals surface area contributed by atoms with E-state index >= 15 is 0 Å². The van der Waals surface area contributed by atoms with Gasteiger partial charge in [0.05, 0.1) is 0 Å². The SMILES string of the molecule is CC(C)c1nc(N2CCC(CN)CC2)n[nH]1. The lowest BCUT2D eigenvalue weighted by atomic mass is 9.97. The van der Waals surface area contributed by atoms with Gasteiger partial charge >= 0.3 is 0 Å². The third-order valence-corrected chi connectivity index (χ3v) is 3.27. The summed E-state index contributed by atoms with van der Waals surface area (Å²) in [5.74, 6) is 2.90. The number of piperidine rings is 1. The zero-order valence-electron chi connectivity index (χ0n) is 10.1. The van der Waals surface area contributed by atoms with Gasteiger partial charge in [-0.15, -0.1) is 5.10 Å². The molecule has 1 saturated heterocycles. The van der Waals surface area contributed by atoms with E-state index in [1.807, 2.05) is 0 Å². The number of nitrogens with one attached hydrogen (secondary N) is 1. The summed E-state index contributed by atoms with van der Waals surface area (Å²) in [6.07, 6.45) is 2.31. The summed E-state index contributed by atoms with van der Waals surface area (Å²) < 4.78 is 0. The maximum Gasteiger partial charge on any atom is 0.244 e. The van der Waals surface area contributed by atoms with Gasteiger partial charge in [0.2, 0.25) is 5.95 Å². The van der Waals surface area contributed by atoms with Crippen molar-refractivity contribution in [3.63, 3.8) is 0 Å². The molecule has 3 N–H and O–H groups in total. The fourth-order valence-electron chi connectivity index (χ4n) is 2.03. The van der Waals surface area contributed by atoms with Crippen LogP contribution in [0.25, 0.3) is 0 Å². The third kappa shape index (κ3) is 2.35. The second kappa shape index (κ2) is 4.82. The van der Waals surface area contributed by atoms with Gasteiger partial charge in [-0.1, -0.05) is 13.8 Å². The van der Waals surface area contributed by atoms with E-state index in [1.165, 1.54) is 0 Å². The molecule has 90 valence electrons. The lowest BCUT2D eigenvalue weighted by Gasteiger charge is -2.30. The maximum atomic E-state index is 5.68. The van der Waals surface area contributed by atoms with Crippen LogP contribution in [0.3, 0.4) is 0 Å². The Kier molecular flexibility index (Phi) is 3.43. The van der Waals surface area contributed by atoms with Crippen LogP contribution in [-0.2, 0) is 0 Å². The number of aromatic nitrogens is 3. The van der Waals surface area contributed by atoms with Gasteiger partial charge in [-0.3, -0.25) is 5.10 Å². The molecule has 5 nitrogen and oxygen atoms in total. The van der Waals surface area contributed by atoms with Crippen molar-refractivity contribution in [1.29, 1.82) is 0 Å². The smallest absolute Gasteiger partial charge is 0.244 e. The molecule has 0 bridgehead atoms. The van der Waals surface area contributed by atoms with Gasteiger partial charge in [0.15, 0.2) is 0 Å². The molecule has 0 saturated carbocycles. The molecule has 0 unspecified atom stereocenters. The molecule has 0 radical (unpaired) electrons. The summed E-state index contributed by atoms with van der Waals surface area (Å²) in [5, 5.41) is 7.27. The van der Waals surface area contributed by atoms with Crippen molar-refractivity contribution >= 4 is 5.95 Å².